The molecule has 3 N–H and O–H groups in total. The van der Waals surface area contributed by atoms with Crippen molar-refractivity contribution in [3.8, 4) is 11.5 Å². The average Bonchev–Trinajstić information content (AvgIpc) is 2.60. The highest BCUT2D eigenvalue weighted by Gasteiger charge is 2.16. The van der Waals surface area contributed by atoms with Crippen molar-refractivity contribution in [2.75, 3.05) is 13.7 Å². The second-order valence-electron chi connectivity index (χ2n) is 6.20. The summed E-state index contributed by atoms with van der Waals surface area (Å²) in [7, 11) is -2.21. The lowest BCUT2D eigenvalue weighted by atomic mass is 10.2. The molecule has 0 fully saturated rings. The Morgan fingerprint density at radius 1 is 1.15 bits per heavy atom. The van der Waals surface area contributed by atoms with Crippen molar-refractivity contribution >= 4 is 15.9 Å². The van der Waals surface area contributed by atoms with Crippen molar-refractivity contribution in [3.63, 3.8) is 0 Å². The maximum Gasteiger partial charge on any atom is 0.240 e. The summed E-state index contributed by atoms with van der Waals surface area (Å²) < 4.78 is 32.2. The molecule has 2 rings (SSSR count). The standard InChI is InChI=1S/C19H24N2O5S/c1-13-4-7-18(14(2)10-13)27(24,25)21-9-8-19(23)20-12-15-5-6-16(22)17(11-15)26-3/h4-7,10-11,21-22H,8-9,12H2,1-3H3,(H,20,23). The monoisotopic (exact) mass is 392 g/mol. The van der Waals surface area contributed by atoms with Crippen LogP contribution in [0.1, 0.15) is 23.1 Å². The normalized spacial score (nSPS) is 11.2. The molecule has 7 nitrogen and oxygen atoms in total. The zero-order valence-corrected chi connectivity index (χ0v) is 16.4. The van der Waals surface area contributed by atoms with Crippen LogP contribution >= 0.6 is 0 Å². The van der Waals surface area contributed by atoms with Crippen LogP contribution in [0.5, 0.6) is 11.5 Å². The zero-order valence-electron chi connectivity index (χ0n) is 15.6. The SMILES string of the molecule is COc1cc(CNC(=O)CCNS(=O)(=O)c2ccc(C)cc2C)ccc1O. The summed E-state index contributed by atoms with van der Waals surface area (Å²) in [5, 5.41) is 12.3. The van der Waals surface area contributed by atoms with Crippen molar-refractivity contribution in [3.05, 3.63) is 53.1 Å². The van der Waals surface area contributed by atoms with Gasteiger partial charge in [0.1, 0.15) is 0 Å². The predicted molar refractivity (Wildman–Crippen MR) is 102 cm³/mol. The summed E-state index contributed by atoms with van der Waals surface area (Å²) in [5.74, 6) is 0.0572. The Morgan fingerprint density at radius 2 is 1.89 bits per heavy atom. The second kappa shape index (κ2) is 8.88. The molecule has 8 heteroatoms. The molecule has 2 aromatic rings. The van der Waals surface area contributed by atoms with E-state index < -0.39 is 10.0 Å². The van der Waals surface area contributed by atoms with Crippen LogP contribution in [0, 0.1) is 13.8 Å². The van der Waals surface area contributed by atoms with Crippen molar-refractivity contribution < 1.29 is 23.1 Å². The van der Waals surface area contributed by atoms with E-state index in [4.69, 9.17) is 4.74 Å². The van der Waals surface area contributed by atoms with Gasteiger partial charge in [-0.1, -0.05) is 23.8 Å². The first-order valence-electron chi connectivity index (χ1n) is 8.42. The van der Waals surface area contributed by atoms with Gasteiger partial charge in [0.15, 0.2) is 11.5 Å². The first-order valence-corrected chi connectivity index (χ1v) is 9.91. The molecule has 0 saturated heterocycles. The van der Waals surface area contributed by atoms with E-state index in [1.807, 2.05) is 6.92 Å². The zero-order chi connectivity index (χ0) is 20.0. The van der Waals surface area contributed by atoms with Crippen molar-refractivity contribution in [2.24, 2.45) is 0 Å². The van der Waals surface area contributed by atoms with Crippen LogP contribution in [0.15, 0.2) is 41.3 Å². The summed E-state index contributed by atoms with van der Waals surface area (Å²) in [6.07, 6.45) is 0.0133. The molecule has 1 amide bonds. The lowest BCUT2D eigenvalue weighted by Gasteiger charge is -2.11. The number of carbonyl (C=O) groups is 1. The number of methoxy groups -OCH3 is 1. The van der Waals surface area contributed by atoms with Crippen LogP contribution in [-0.2, 0) is 21.4 Å². The minimum absolute atomic E-state index is 0.000379. The molecule has 0 aromatic heterocycles. The van der Waals surface area contributed by atoms with Gasteiger partial charge in [-0.05, 0) is 43.2 Å². The Labute approximate surface area is 159 Å². The highest BCUT2D eigenvalue weighted by atomic mass is 32.2. The van der Waals surface area contributed by atoms with E-state index in [0.29, 0.717) is 11.3 Å². The van der Waals surface area contributed by atoms with Gasteiger partial charge in [-0.15, -0.1) is 0 Å². The van der Waals surface area contributed by atoms with E-state index in [0.717, 1.165) is 11.1 Å². The number of amides is 1. The number of carbonyl (C=O) groups excluding carboxylic acids is 1. The number of aryl methyl sites for hydroxylation is 2. The third-order valence-corrected chi connectivity index (χ3v) is 5.62. The van der Waals surface area contributed by atoms with E-state index in [1.165, 1.54) is 13.2 Å². The number of rotatable bonds is 8. The molecule has 27 heavy (non-hydrogen) atoms. The van der Waals surface area contributed by atoms with Gasteiger partial charge in [0, 0.05) is 19.5 Å². The molecular weight excluding hydrogens is 368 g/mol. The molecule has 0 bridgehead atoms. The number of ether oxygens (including phenoxy) is 1. The van der Waals surface area contributed by atoms with Crippen LogP contribution in [0.4, 0.5) is 0 Å². The van der Waals surface area contributed by atoms with Gasteiger partial charge in [0.05, 0.1) is 12.0 Å². The molecule has 0 saturated carbocycles. The molecule has 0 atom stereocenters. The molecule has 0 aliphatic carbocycles. The van der Waals surface area contributed by atoms with Crippen molar-refractivity contribution in [2.45, 2.75) is 31.7 Å². The molecule has 0 aliphatic rings. The smallest absolute Gasteiger partial charge is 0.240 e. The van der Waals surface area contributed by atoms with Crippen molar-refractivity contribution in [1.82, 2.24) is 10.0 Å². The highest BCUT2D eigenvalue weighted by molar-refractivity contribution is 7.89. The number of hydrogen-bond donors (Lipinski definition) is 3. The number of phenols is 1. The molecule has 146 valence electrons. The summed E-state index contributed by atoms with van der Waals surface area (Å²) >= 11 is 0. The van der Waals surface area contributed by atoms with Crippen LogP contribution in [0.3, 0.4) is 0 Å². The lowest BCUT2D eigenvalue weighted by Crippen LogP contribution is -2.30. The molecular formula is C19H24N2O5S. The Balaban J connectivity index is 1.85. The lowest BCUT2D eigenvalue weighted by molar-refractivity contribution is -0.121. The van der Waals surface area contributed by atoms with E-state index in [2.05, 4.69) is 10.0 Å². The van der Waals surface area contributed by atoms with Crippen molar-refractivity contribution in [1.29, 1.82) is 0 Å². The number of aromatic hydroxyl groups is 1. The van der Waals surface area contributed by atoms with Gasteiger partial charge in [0.2, 0.25) is 15.9 Å². The number of benzene rings is 2. The maximum absolute atomic E-state index is 12.3. The fourth-order valence-corrected chi connectivity index (χ4v) is 3.85. The minimum atomic E-state index is -3.66. The molecule has 2 aromatic carbocycles. The van der Waals surface area contributed by atoms with Gasteiger partial charge in [-0.2, -0.15) is 0 Å². The Morgan fingerprint density at radius 3 is 2.56 bits per heavy atom. The summed E-state index contributed by atoms with van der Waals surface area (Å²) in [5.41, 5.74) is 2.40. The highest BCUT2D eigenvalue weighted by Crippen LogP contribution is 2.26. The molecule has 0 unspecified atom stereocenters. The first kappa shape index (κ1) is 20.7. The maximum atomic E-state index is 12.3. The van der Waals surface area contributed by atoms with Crippen LogP contribution in [0.2, 0.25) is 0 Å². The number of hydrogen-bond acceptors (Lipinski definition) is 5. The Hall–Kier alpha value is -2.58. The fraction of sp³-hybridized carbons (Fsp3) is 0.316. The fourth-order valence-electron chi connectivity index (χ4n) is 2.60. The first-order chi connectivity index (χ1) is 12.7. The van der Waals surface area contributed by atoms with Crippen LogP contribution < -0.4 is 14.8 Å². The molecule has 0 heterocycles. The van der Waals surface area contributed by atoms with E-state index in [-0.39, 0.29) is 36.1 Å². The van der Waals surface area contributed by atoms with Gasteiger partial charge >= 0.3 is 0 Å². The number of nitrogens with one attached hydrogen (secondary N) is 2. The molecule has 0 aliphatic heterocycles. The van der Waals surface area contributed by atoms with Crippen LogP contribution in [-0.4, -0.2) is 33.1 Å². The number of phenolic OH excluding ortho intramolecular Hbond substituents is 1. The largest absolute Gasteiger partial charge is 0.504 e. The Kier molecular flexibility index (Phi) is 6.81. The average molecular weight is 392 g/mol. The minimum Gasteiger partial charge on any atom is -0.504 e. The Bertz CT molecular complexity index is 926. The number of sulfonamides is 1. The molecule has 0 spiro atoms. The van der Waals surface area contributed by atoms with Crippen LogP contribution in [0.25, 0.3) is 0 Å². The van der Waals surface area contributed by atoms with Gasteiger partial charge in [-0.25, -0.2) is 13.1 Å². The third kappa shape index (κ3) is 5.70. The summed E-state index contributed by atoms with van der Waals surface area (Å²) in [4.78, 5) is 12.2. The van der Waals surface area contributed by atoms with E-state index >= 15 is 0 Å². The summed E-state index contributed by atoms with van der Waals surface area (Å²) in [6.45, 7) is 3.88. The quantitative estimate of drug-likeness (QED) is 0.637. The summed E-state index contributed by atoms with van der Waals surface area (Å²) in [6, 6.07) is 9.87. The van der Waals surface area contributed by atoms with Gasteiger partial charge in [0.25, 0.3) is 0 Å². The third-order valence-electron chi connectivity index (χ3n) is 4.00. The molecule has 0 radical (unpaired) electrons. The second-order valence-corrected chi connectivity index (χ2v) is 7.94. The topological polar surface area (TPSA) is 105 Å². The predicted octanol–water partition coefficient (Wildman–Crippen LogP) is 2.00. The van der Waals surface area contributed by atoms with E-state index in [1.54, 1.807) is 37.3 Å². The van der Waals surface area contributed by atoms with E-state index in [9.17, 15) is 18.3 Å². The van der Waals surface area contributed by atoms with Gasteiger partial charge in [-0.3, -0.25) is 4.79 Å². The van der Waals surface area contributed by atoms with Gasteiger partial charge < -0.3 is 15.2 Å².